The van der Waals surface area contributed by atoms with E-state index in [4.69, 9.17) is 11.6 Å². The Morgan fingerprint density at radius 2 is 1.97 bits per heavy atom. The Kier molecular flexibility index (Phi) is 5.77. The number of carbonyl (C=O) groups is 2. The lowest BCUT2D eigenvalue weighted by Gasteiger charge is -2.22. The molecule has 1 N–H and O–H groups in total. The fourth-order valence-electron chi connectivity index (χ4n) is 4.30. The molecular formula is C22H22ClFN2O5S. The number of amides is 1. The monoisotopic (exact) mass is 480 g/mol. The predicted octanol–water partition coefficient (Wildman–Crippen LogP) is 2.47. The summed E-state index contributed by atoms with van der Waals surface area (Å²) < 4.78 is 38.6. The van der Waals surface area contributed by atoms with E-state index in [9.17, 15) is 27.5 Å². The van der Waals surface area contributed by atoms with Crippen LogP contribution in [0.1, 0.15) is 24.0 Å². The van der Waals surface area contributed by atoms with Gasteiger partial charge in [-0.05, 0) is 60.4 Å². The van der Waals surface area contributed by atoms with Crippen LogP contribution in [0.25, 0.3) is 0 Å². The second-order valence-corrected chi connectivity index (χ2v) is 10.5. The van der Waals surface area contributed by atoms with Gasteiger partial charge in [-0.1, -0.05) is 11.6 Å². The number of fused-ring (bicyclic) bond motifs is 1. The van der Waals surface area contributed by atoms with E-state index < -0.39 is 33.1 Å². The zero-order chi connectivity index (χ0) is 23.3. The molecule has 4 rings (SSSR count). The molecule has 1 saturated heterocycles. The van der Waals surface area contributed by atoms with E-state index in [1.165, 1.54) is 21.3 Å². The smallest absolute Gasteiger partial charge is 0.266 e. The third-order valence-corrected chi connectivity index (χ3v) is 7.35. The van der Waals surface area contributed by atoms with Crippen molar-refractivity contribution in [3.05, 3.63) is 58.4 Å². The molecule has 170 valence electrons. The molecule has 1 atom stereocenters. The highest BCUT2D eigenvalue weighted by Crippen LogP contribution is 2.36. The molecule has 1 fully saturated rings. The second-order valence-electron chi connectivity index (χ2n) is 8.17. The molecule has 0 aliphatic carbocycles. The normalized spacial score (nSPS) is 20.7. The van der Waals surface area contributed by atoms with Gasteiger partial charge in [0.15, 0.2) is 5.78 Å². The first-order valence-electron chi connectivity index (χ1n) is 10.1. The van der Waals surface area contributed by atoms with Gasteiger partial charge in [-0.25, -0.2) is 12.8 Å². The molecule has 2 aliphatic heterocycles. The minimum Gasteiger partial charge on any atom is -0.373 e. The molecule has 0 unspecified atom stereocenters. The van der Waals surface area contributed by atoms with Crippen LogP contribution in [0.4, 0.5) is 15.8 Å². The number of Topliss-reactive ketones (excluding diaryl/α,β-unsaturated/α-hetero) is 1. The summed E-state index contributed by atoms with van der Waals surface area (Å²) in [6, 6.07) is 8.93. The molecule has 0 aromatic heterocycles. The van der Waals surface area contributed by atoms with Crippen LogP contribution in [-0.4, -0.2) is 50.2 Å². The molecule has 2 aromatic carbocycles. The summed E-state index contributed by atoms with van der Waals surface area (Å²) in [7, 11) is -3.39. The molecule has 2 aromatic rings. The maximum Gasteiger partial charge on any atom is 0.266 e. The Bertz CT molecular complexity index is 1200. The van der Waals surface area contributed by atoms with Crippen molar-refractivity contribution in [3.63, 3.8) is 0 Å². The lowest BCUT2D eigenvalue weighted by molar-refractivity contribution is -0.147. The summed E-state index contributed by atoms with van der Waals surface area (Å²) in [6.07, 6.45) is 1.61. The quantitative estimate of drug-likeness (QED) is 0.641. The van der Waals surface area contributed by atoms with Crippen LogP contribution >= 0.6 is 11.6 Å². The van der Waals surface area contributed by atoms with Crippen LogP contribution in [-0.2, 0) is 32.5 Å². The summed E-state index contributed by atoms with van der Waals surface area (Å²) in [5, 5.41) is 11.1. The minimum absolute atomic E-state index is 0.0544. The average molecular weight is 481 g/mol. The lowest BCUT2D eigenvalue weighted by atomic mass is 9.92. The summed E-state index contributed by atoms with van der Waals surface area (Å²) in [6.45, 7) is 0.486. The van der Waals surface area contributed by atoms with E-state index in [-0.39, 0.29) is 30.8 Å². The fraction of sp³-hybridized carbons (Fsp3) is 0.364. The van der Waals surface area contributed by atoms with Crippen LogP contribution in [0.15, 0.2) is 36.4 Å². The third-order valence-electron chi connectivity index (χ3n) is 5.95. The number of halogens is 2. The molecular weight excluding hydrogens is 459 g/mol. The zero-order valence-corrected chi connectivity index (χ0v) is 18.9. The van der Waals surface area contributed by atoms with E-state index in [1.54, 1.807) is 18.2 Å². The fourth-order valence-corrected chi connectivity index (χ4v) is 5.50. The topological polar surface area (TPSA) is 95.0 Å². The number of benzene rings is 2. The number of nitrogens with zero attached hydrogens (tertiary/aromatic N) is 2. The number of hydrogen-bond donors (Lipinski definition) is 1. The number of sulfonamides is 1. The number of aliphatic hydroxyl groups is 1. The van der Waals surface area contributed by atoms with Gasteiger partial charge < -0.3 is 10.0 Å². The Morgan fingerprint density at radius 1 is 1.22 bits per heavy atom. The Balaban J connectivity index is 1.49. The van der Waals surface area contributed by atoms with Crippen LogP contribution in [0.5, 0.6) is 0 Å². The molecule has 0 radical (unpaired) electrons. The first kappa shape index (κ1) is 22.7. The van der Waals surface area contributed by atoms with Gasteiger partial charge in [0.25, 0.3) is 5.91 Å². The Labute approximate surface area is 190 Å². The van der Waals surface area contributed by atoms with Crippen molar-refractivity contribution in [3.8, 4) is 0 Å². The number of hydrogen-bond acceptors (Lipinski definition) is 5. The number of aryl methyl sites for hydroxylation is 1. The maximum absolute atomic E-state index is 13.5. The van der Waals surface area contributed by atoms with Crippen LogP contribution in [0.2, 0.25) is 5.02 Å². The van der Waals surface area contributed by atoms with Gasteiger partial charge in [0.05, 0.1) is 11.9 Å². The highest BCUT2D eigenvalue weighted by Gasteiger charge is 2.51. The molecule has 10 heteroatoms. The highest BCUT2D eigenvalue weighted by molar-refractivity contribution is 7.92. The SMILES string of the molecule is CS(=O)(=O)N1CCc2cc(N3CC[C@@](O)(C(=O)CCc4cc(F)cc(Cl)c4)C3=O)ccc21. The first-order valence-corrected chi connectivity index (χ1v) is 12.3. The van der Waals surface area contributed by atoms with Gasteiger partial charge in [0.2, 0.25) is 15.6 Å². The standard InChI is InChI=1S/C22H22ClFN2O5S/c1-32(30,31)26-8-6-15-12-18(3-4-19(15)26)25-9-7-22(29,21(25)28)20(27)5-2-14-10-16(23)13-17(24)11-14/h3-4,10-13,29H,2,5-9H2,1H3/t22-/m1/s1. The molecule has 2 aliphatic rings. The third kappa shape index (κ3) is 4.12. The van der Waals surface area contributed by atoms with Gasteiger partial charge in [0.1, 0.15) is 5.82 Å². The average Bonchev–Trinajstić information content (AvgIpc) is 3.27. The van der Waals surface area contributed by atoms with Gasteiger partial charge in [-0.2, -0.15) is 0 Å². The largest absolute Gasteiger partial charge is 0.373 e. The first-order chi connectivity index (χ1) is 15.0. The predicted molar refractivity (Wildman–Crippen MR) is 119 cm³/mol. The summed E-state index contributed by atoms with van der Waals surface area (Å²) in [4.78, 5) is 27.1. The van der Waals surface area contributed by atoms with E-state index >= 15 is 0 Å². The minimum atomic E-state index is -3.39. The number of rotatable bonds is 6. The molecule has 7 nitrogen and oxygen atoms in total. The zero-order valence-electron chi connectivity index (χ0n) is 17.3. The van der Waals surface area contributed by atoms with Crippen molar-refractivity contribution < 1.29 is 27.5 Å². The van der Waals surface area contributed by atoms with E-state index in [0.717, 1.165) is 17.9 Å². The lowest BCUT2D eigenvalue weighted by Crippen LogP contribution is -2.47. The van der Waals surface area contributed by atoms with Crippen molar-refractivity contribution in [1.29, 1.82) is 0 Å². The molecule has 1 amide bonds. The number of carbonyl (C=O) groups excluding carboxylic acids is 2. The number of anilines is 2. The molecule has 32 heavy (non-hydrogen) atoms. The van der Waals surface area contributed by atoms with Gasteiger partial charge >= 0.3 is 0 Å². The van der Waals surface area contributed by atoms with Gasteiger partial charge in [-0.3, -0.25) is 13.9 Å². The Hall–Kier alpha value is -2.49. The van der Waals surface area contributed by atoms with E-state index in [2.05, 4.69) is 0 Å². The van der Waals surface area contributed by atoms with Crippen molar-refractivity contribution in [2.45, 2.75) is 31.3 Å². The summed E-state index contributed by atoms with van der Waals surface area (Å²) in [5.41, 5.74) is 0.219. The number of ketones is 1. The summed E-state index contributed by atoms with van der Waals surface area (Å²) >= 11 is 5.83. The van der Waals surface area contributed by atoms with Crippen molar-refractivity contribution in [1.82, 2.24) is 0 Å². The molecule has 0 saturated carbocycles. The Morgan fingerprint density at radius 3 is 2.66 bits per heavy atom. The van der Waals surface area contributed by atoms with Crippen LogP contribution in [0.3, 0.4) is 0 Å². The van der Waals surface area contributed by atoms with Crippen molar-refractivity contribution >= 4 is 44.7 Å². The van der Waals surface area contributed by atoms with Crippen LogP contribution in [0, 0.1) is 5.82 Å². The maximum atomic E-state index is 13.5. The van der Waals surface area contributed by atoms with Gasteiger partial charge in [0, 0.05) is 36.6 Å². The summed E-state index contributed by atoms with van der Waals surface area (Å²) in [5.74, 6) is -1.86. The molecule has 0 spiro atoms. The molecule has 2 heterocycles. The van der Waals surface area contributed by atoms with Crippen LogP contribution < -0.4 is 9.21 Å². The van der Waals surface area contributed by atoms with Crippen molar-refractivity contribution in [2.75, 3.05) is 28.6 Å². The second kappa shape index (κ2) is 8.13. The van der Waals surface area contributed by atoms with E-state index in [1.807, 2.05) is 0 Å². The molecule has 0 bridgehead atoms. The van der Waals surface area contributed by atoms with E-state index in [0.29, 0.717) is 29.9 Å². The highest BCUT2D eigenvalue weighted by atomic mass is 35.5. The van der Waals surface area contributed by atoms with Gasteiger partial charge in [-0.15, -0.1) is 0 Å². The van der Waals surface area contributed by atoms with Crippen molar-refractivity contribution in [2.24, 2.45) is 0 Å².